The van der Waals surface area contributed by atoms with Gasteiger partial charge in [-0.15, -0.1) is 11.8 Å². The number of halogens is 4. The van der Waals surface area contributed by atoms with Crippen LogP contribution in [-0.2, 0) is 23.9 Å². The van der Waals surface area contributed by atoms with Gasteiger partial charge in [-0.1, -0.05) is 0 Å². The number of phenols is 1. The summed E-state index contributed by atoms with van der Waals surface area (Å²) in [4.78, 5) is 50.7. The molecular weight excluding hydrogens is 486 g/mol. The normalized spacial score (nSPS) is 23.9. The molecule has 14 heteroatoms. The predicted octanol–water partition coefficient (Wildman–Crippen LogP) is 1.32. The lowest BCUT2D eigenvalue weighted by atomic mass is 10.0. The number of benzene rings is 1. The van der Waals surface area contributed by atoms with Crippen molar-refractivity contribution in [3.05, 3.63) is 46.9 Å². The molecule has 3 aliphatic rings. The minimum absolute atomic E-state index is 0.0159. The van der Waals surface area contributed by atoms with E-state index in [-0.39, 0.29) is 41.3 Å². The molecule has 1 aromatic rings. The number of aromatic hydroxyl groups is 1. The molecule has 3 heterocycles. The number of hydrogen-bond acceptors (Lipinski definition) is 8. The van der Waals surface area contributed by atoms with Gasteiger partial charge in [-0.2, -0.15) is 13.2 Å². The van der Waals surface area contributed by atoms with E-state index in [1.165, 1.54) is 18.2 Å². The number of hydrogen-bond donors (Lipinski definition) is 2. The number of carbonyl (C=O) groups excluding carboxylic acids is 4. The SMILES string of the molecule is N[C@@H]1C(=O)N2C(C(=O)OC(=O)C(F)(F)F)=C(/C=C3\CCN(c4ccc(O)cc4F)C3=O)CS[C@H]12. The molecule has 9 nitrogen and oxygen atoms in total. The quantitative estimate of drug-likeness (QED) is 0.209. The van der Waals surface area contributed by atoms with Gasteiger partial charge in [0.1, 0.15) is 22.9 Å². The highest BCUT2D eigenvalue weighted by atomic mass is 32.2. The van der Waals surface area contributed by atoms with Crippen molar-refractivity contribution in [3.8, 4) is 5.75 Å². The van der Waals surface area contributed by atoms with Gasteiger partial charge in [-0.25, -0.2) is 14.0 Å². The number of esters is 2. The Balaban J connectivity index is 1.68. The van der Waals surface area contributed by atoms with Crippen LogP contribution in [-0.4, -0.2) is 63.6 Å². The third kappa shape index (κ3) is 4.03. The van der Waals surface area contributed by atoms with Gasteiger partial charge < -0.3 is 20.5 Å². The highest BCUT2D eigenvalue weighted by Crippen LogP contribution is 2.41. The molecule has 0 unspecified atom stereocenters. The summed E-state index contributed by atoms with van der Waals surface area (Å²) in [5.74, 6) is -7.06. The Hall–Kier alpha value is -3.39. The van der Waals surface area contributed by atoms with Gasteiger partial charge in [-0.3, -0.25) is 14.5 Å². The first kappa shape index (κ1) is 23.8. The van der Waals surface area contributed by atoms with E-state index in [0.29, 0.717) is 0 Å². The van der Waals surface area contributed by atoms with Crippen LogP contribution in [0.5, 0.6) is 5.75 Å². The molecule has 3 N–H and O–H groups in total. The number of carbonyl (C=O) groups is 4. The maximum atomic E-state index is 14.2. The first-order valence-corrected chi connectivity index (χ1v) is 10.7. The first-order chi connectivity index (χ1) is 15.9. The molecule has 0 radical (unpaired) electrons. The van der Waals surface area contributed by atoms with E-state index in [0.717, 1.165) is 27.6 Å². The molecule has 0 aliphatic carbocycles. The topological polar surface area (TPSA) is 130 Å². The van der Waals surface area contributed by atoms with Crippen LogP contribution < -0.4 is 10.6 Å². The summed E-state index contributed by atoms with van der Waals surface area (Å²) in [6, 6.07) is 2.23. The Bertz CT molecular complexity index is 1180. The summed E-state index contributed by atoms with van der Waals surface area (Å²) in [6.45, 7) is 0.0509. The van der Waals surface area contributed by atoms with Gasteiger partial charge in [0.15, 0.2) is 5.82 Å². The molecule has 34 heavy (non-hydrogen) atoms. The van der Waals surface area contributed by atoms with Crippen LogP contribution in [0.15, 0.2) is 41.1 Å². The molecule has 0 spiro atoms. The molecule has 3 aliphatic heterocycles. The van der Waals surface area contributed by atoms with Crippen LogP contribution in [0.25, 0.3) is 0 Å². The fourth-order valence-corrected chi connectivity index (χ4v) is 4.99. The van der Waals surface area contributed by atoms with Crippen LogP contribution in [0.4, 0.5) is 23.2 Å². The Morgan fingerprint density at radius 2 is 1.97 bits per heavy atom. The van der Waals surface area contributed by atoms with Crippen LogP contribution in [0.2, 0.25) is 0 Å². The maximum Gasteiger partial charge on any atom is 0.491 e. The van der Waals surface area contributed by atoms with Crippen molar-refractivity contribution >= 4 is 41.2 Å². The van der Waals surface area contributed by atoms with E-state index in [2.05, 4.69) is 4.74 Å². The van der Waals surface area contributed by atoms with Crippen molar-refractivity contribution in [2.75, 3.05) is 17.2 Å². The van der Waals surface area contributed by atoms with Gasteiger partial charge in [0.2, 0.25) is 5.91 Å². The number of anilines is 1. The van der Waals surface area contributed by atoms with E-state index in [9.17, 15) is 41.8 Å². The second-order valence-electron chi connectivity index (χ2n) is 7.50. The number of nitrogens with zero attached hydrogens (tertiary/aromatic N) is 2. The average molecular weight is 501 g/mol. The second kappa shape index (κ2) is 8.43. The lowest BCUT2D eigenvalue weighted by molar-refractivity contribution is -0.201. The zero-order chi connectivity index (χ0) is 24.9. The summed E-state index contributed by atoms with van der Waals surface area (Å²) in [6.07, 6.45) is -4.13. The summed E-state index contributed by atoms with van der Waals surface area (Å²) < 4.78 is 55.9. The van der Waals surface area contributed by atoms with Crippen LogP contribution in [0.1, 0.15) is 6.42 Å². The monoisotopic (exact) mass is 501 g/mol. The Morgan fingerprint density at radius 3 is 2.62 bits per heavy atom. The molecule has 2 saturated heterocycles. The average Bonchev–Trinajstić information content (AvgIpc) is 3.12. The third-order valence-electron chi connectivity index (χ3n) is 5.34. The number of ether oxygens (including phenoxy) is 1. The Kier molecular flexibility index (Phi) is 5.89. The molecule has 2 amide bonds. The number of nitrogens with two attached hydrogens (primary N) is 1. The molecule has 0 saturated carbocycles. The molecular formula is C20H15F4N3O6S. The van der Waals surface area contributed by atoms with E-state index >= 15 is 0 Å². The van der Waals surface area contributed by atoms with Crippen LogP contribution in [0.3, 0.4) is 0 Å². The zero-order valence-electron chi connectivity index (χ0n) is 17.0. The van der Waals surface area contributed by atoms with Crippen molar-refractivity contribution in [3.63, 3.8) is 0 Å². The Morgan fingerprint density at radius 1 is 1.26 bits per heavy atom. The van der Waals surface area contributed by atoms with Gasteiger partial charge >= 0.3 is 18.1 Å². The lowest BCUT2D eigenvalue weighted by Gasteiger charge is -2.48. The highest BCUT2D eigenvalue weighted by molar-refractivity contribution is 8.00. The maximum absolute atomic E-state index is 14.2. The molecule has 4 rings (SSSR count). The molecule has 1 aromatic carbocycles. The number of amides is 2. The Labute approximate surface area is 192 Å². The highest BCUT2D eigenvalue weighted by Gasteiger charge is 2.53. The standard InChI is InChI=1S/C20H15F4N3O6S/c21-11-6-10(28)1-2-12(11)26-4-3-8(15(26)29)5-9-7-34-17-13(25)16(30)27(17)14(9)18(31)33-19(32)20(22,23)24/h1-2,5-6,13,17,28H,3-4,7,25H2/b8-5+/t13-,17-/m1/s1. The van der Waals surface area contributed by atoms with Crippen molar-refractivity contribution in [1.29, 1.82) is 0 Å². The van der Waals surface area contributed by atoms with Crippen molar-refractivity contribution in [2.45, 2.75) is 24.0 Å². The van der Waals surface area contributed by atoms with Crippen LogP contribution in [0, 0.1) is 5.82 Å². The van der Waals surface area contributed by atoms with Crippen molar-refractivity contribution in [1.82, 2.24) is 4.90 Å². The van der Waals surface area contributed by atoms with E-state index < -0.39 is 52.9 Å². The minimum atomic E-state index is -5.44. The fraction of sp³-hybridized carbons (Fsp3) is 0.300. The molecule has 0 bridgehead atoms. The molecule has 2 fully saturated rings. The van der Waals surface area contributed by atoms with Crippen molar-refractivity contribution in [2.24, 2.45) is 5.73 Å². The number of β-lactam (4-membered cyclic amide) rings is 1. The zero-order valence-corrected chi connectivity index (χ0v) is 17.8. The van der Waals surface area contributed by atoms with Crippen molar-refractivity contribution < 1.29 is 46.6 Å². The third-order valence-corrected chi connectivity index (χ3v) is 6.67. The van der Waals surface area contributed by atoms with Gasteiger partial charge in [0.05, 0.1) is 5.69 Å². The number of alkyl halides is 3. The smallest absolute Gasteiger partial charge is 0.491 e. The summed E-state index contributed by atoms with van der Waals surface area (Å²) in [7, 11) is 0. The molecule has 0 aromatic heterocycles. The van der Waals surface area contributed by atoms with E-state index in [1.54, 1.807) is 0 Å². The molecule has 2 atom stereocenters. The summed E-state index contributed by atoms with van der Waals surface area (Å²) in [5, 5.41) is 8.61. The summed E-state index contributed by atoms with van der Waals surface area (Å²) >= 11 is 1.11. The van der Waals surface area contributed by atoms with Gasteiger partial charge in [0.25, 0.3) is 5.91 Å². The number of rotatable bonds is 3. The first-order valence-electron chi connectivity index (χ1n) is 9.68. The van der Waals surface area contributed by atoms with E-state index in [4.69, 9.17) is 5.73 Å². The van der Waals surface area contributed by atoms with Gasteiger partial charge in [0, 0.05) is 23.9 Å². The molecule has 180 valence electrons. The number of fused-ring (bicyclic) bond motifs is 1. The second-order valence-corrected chi connectivity index (χ2v) is 8.60. The number of allylic oxidation sites excluding steroid dienone is 1. The predicted molar refractivity (Wildman–Crippen MR) is 108 cm³/mol. The fourth-order valence-electron chi connectivity index (χ4n) is 3.73. The largest absolute Gasteiger partial charge is 0.508 e. The number of phenolic OH excluding ortho intramolecular Hbond substituents is 1. The lowest BCUT2D eigenvalue weighted by Crippen LogP contribution is -2.68. The number of thioether (sulfide) groups is 1. The van der Waals surface area contributed by atoms with Gasteiger partial charge in [-0.05, 0) is 30.2 Å². The summed E-state index contributed by atoms with van der Waals surface area (Å²) in [5.41, 5.74) is 5.05. The van der Waals surface area contributed by atoms with Crippen LogP contribution >= 0.6 is 11.8 Å². The van der Waals surface area contributed by atoms with E-state index in [1.807, 2.05) is 0 Å². The minimum Gasteiger partial charge on any atom is -0.508 e.